The van der Waals surface area contributed by atoms with Crippen molar-refractivity contribution in [2.24, 2.45) is 0 Å². The van der Waals surface area contributed by atoms with Crippen molar-refractivity contribution in [2.45, 2.75) is 110 Å². The van der Waals surface area contributed by atoms with Gasteiger partial charge >= 0.3 is 11.9 Å². The number of aliphatic hydroxyl groups is 12. The Balaban J connectivity index is 2.09. The molecule has 3 heterocycles. The lowest BCUT2D eigenvalue weighted by Gasteiger charge is -2.51. The van der Waals surface area contributed by atoms with Crippen LogP contribution in [0.1, 0.15) is 12.8 Å². The first-order valence-electron chi connectivity index (χ1n) is 13.3. The summed E-state index contributed by atoms with van der Waals surface area (Å²) in [5.41, 5.74) is 0. The Morgan fingerprint density at radius 3 is 1.80 bits per heavy atom. The minimum absolute atomic E-state index is 1.01. The monoisotopic (exact) mass is 650 g/mol. The van der Waals surface area contributed by atoms with E-state index >= 15 is 0 Å². The van der Waals surface area contributed by atoms with Gasteiger partial charge < -0.3 is 95.2 Å². The number of hydrogen-bond acceptors (Lipinski definition) is 19. The van der Waals surface area contributed by atoms with Crippen molar-refractivity contribution in [1.82, 2.24) is 0 Å². The zero-order chi connectivity index (χ0) is 33.3. The summed E-state index contributed by atoms with van der Waals surface area (Å²) in [5, 5.41) is 141. The first kappa shape index (κ1) is 36.7. The van der Waals surface area contributed by atoms with Gasteiger partial charge in [-0.25, -0.2) is 9.59 Å². The van der Waals surface area contributed by atoms with Crippen molar-refractivity contribution in [3.63, 3.8) is 0 Å². The predicted octanol–water partition coefficient (Wildman–Crippen LogP) is -8.52. The molecule has 21 nitrogen and oxygen atoms in total. The molecule has 0 amide bonds. The third kappa shape index (κ3) is 7.13. The van der Waals surface area contributed by atoms with E-state index in [4.69, 9.17) is 23.7 Å². The lowest BCUT2D eigenvalue weighted by molar-refractivity contribution is -0.393. The Labute approximate surface area is 247 Å². The largest absolute Gasteiger partial charge is 0.477 e. The molecule has 3 aliphatic heterocycles. The molecule has 0 unspecified atom stereocenters. The van der Waals surface area contributed by atoms with Crippen molar-refractivity contribution < 1.29 is 105 Å². The van der Waals surface area contributed by atoms with Gasteiger partial charge in [0, 0.05) is 12.8 Å². The van der Waals surface area contributed by atoms with Crippen LogP contribution >= 0.6 is 0 Å². The van der Waals surface area contributed by atoms with Crippen LogP contribution in [-0.4, -0.2) is 200 Å². The van der Waals surface area contributed by atoms with Gasteiger partial charge in [0.15, 0.2) is 6.29 Å². The molecule has 0 saturated carbocycles. The first-order chi connectivity index (χ1) is 20.5. The molecule has 0 aromatic carbocycles. The second-order valence-electron chi connectivity index (χ2n) is 10.7. The molecule has 0 spiro atoms. The maximum atomic E-state index is 12.5. The summed E-state index contributed by atoms with van der Waals surface area (Å²) in [6, 6.07) is 0. The molecule has 0 aliphatic carbocycles. The van der Waals surface area contributed by atoms with Crippen LogP contribution in [0.2, 0.25) is 0 Å². The molecular formula is C23H38O21. The fourth-order valence-electron chi connectivity index (χ4n) is 5.19. The molecule has 14 N–H and O–H groups in total. The minimum Gasteiger partial charge on any atom is -0.477 e. The molecule has 3 saturated heterocycles. The quantitative estimate of drug-likeness (QED) is 0.0932. The average molecular weight is 651 g/mol. The Kier molecular flexibility index (Phi) is 12.0. The van der Waals surface area contributed by atoms with Crippen LogP contribution < -0.4 is 0 Å². The van der Waals surface area contributed by atoms with E-state index in [-0.39, 0.29) is 0 Å². The fourth-order valence-corrected chi connectivity index (χ4v) is 5.19. The molecule has 0 radical (unpaired) electrons. The second-order valence-corrected chi connectivity index (χ2v) is 10.7. The van der Waals surface area contributed by atoms with Gasteiger partial charge in [-0.2, -0.15) is 0 Å². The van der Waals surface area contributed by atoms with E-state index in [0.717, 1.165) is 0 Å². The van der Waals surface area contributed by atoms with Gasteiger partial charge in [-0.1, -0.05) is 0 Å². The SMILES string of the molecule is O=C(O)[C@@]1(O[C@@H]2C[C@](O)(C(=O)O)O[C@H]([C@H](O)CO)[C@@H]2O[C@H]2O[C@H]([C@@H](O)CO)[C@@H](O)[C@H](O)[C@@H]2O)C[C@@H](O)[C@@H](O)[C@@H]([C@H](O)CO)O1. The van der Waals surface area contributed by atoms with Crippen LogP contribution in [0.5, 0.6) is 0 Å². The van der Waals surface area contributed by atoms with Crippen LogP contribution in [0.15, 0.2) is 0 Å². The Bertz CT molecular complexity index is 986. The molecule has 256 valence electrons. The standard InChI is InChI=1S/C23H38O21/c24-3-7(28)15-13(33)12(32)14(34)19(40-15)41-18-10(2-22(39,20(35)36)43-17(18)9(30)5-26)42-23(21(37)38)1-6(27)11(31)16(44-23)8(29)4-25/h6-19,24-34,39H,1-5H2,(H,35,36)(H,37,38)/t6-,7+,8-,9-,10-,11-,12+,13+,14+,15-,16-,17-,18-,19-,22-,23-/m1/s1. The molecule has 3 fully saturated rings. The van der Waals surface area contributed by atoms with Gasteiger partial charge in [0.25, 0.3) is 11.6 Å². The third-order valence-corrected chi connectivity index (χ3v) is 7.63. The number of hydrogen-bond donors (Lipinski definition) is 14. The summed E-state index contributed by atoms with van der Waals surface area (Å²) >= 11 is 0. The van der Waals surface area contributed by atoms with Crippen LogP contribution in [0.25, 0.3) is 0 Å². The third-order valence-electron chi connectivity index (χ3n) is 7.63. The Morgan fingerprint density at radius 1 is 0.727 bits per heavy atom. The smallest absolute Gasteiger partial charge is 0.364 e. The molecule has 21 heteroatoms. The van der Waals surface area contributed by atoms with E-state index < -0.39 is 142 Å². The lowest BCUT2D eigenvalue weighted by atomic mass is 9.89. The summed E-state index contributed by atoms with van der Waals surface area (Å²) in [6.45, 7) is -3.31. The molecule has 16 atom stereocenters. The maximum Gasteiger partial charge on any atom is 0.364 e. The summed E-state index contributed by atoms with van der Waals surface area (Å²) in [4.78, 5) is 24.5. The van der Waals surface area contributed by atoms with E-state index in [1.54, 1.807) is 0 Å². The van der Waals surface area contributed by atoms with Crippen molar-refractivity contribution in [1.29, 1.82) is 0 Å². The van der Waals surface area contributed by atoms with Crippen molar-refractivity contribution in [3.05, 3.63) is 0 Å². The predicted molar refractivity (Wildman–Crippen MR) is 130 cm³/mol. The fraction of sp³-hybridized carbons (Fsp3) is 0.913. The zero-order valence-electron chi connectivity index (χ0n) is 22.7. The van der Waals surface area contributed by atoms with Gasteiger partial charge in [-0.3, -0.25) is 0 Å². The van der Waals surface area contributed by atoms with Gasteiger partial charge in [0.1, 0.15) is 67.1 Å². The average Bonchev–Trinajstić information content (AvgIpc) is 2.98. The lowest BCUT2D eigenvalue weighted by Crippen LogP contribution is -2.69. The highest BCUT2D eigenvalue weighted by atomic mass is 16.8. The highest BCUT2D eigenvalue weighted by Crippen LogP contribution is 2.41. The highest BCUT2D eigenvalue weighted by Gasteiger charge is 2.61. The molecule has 3 rings (SSSR count). The molecule has 44 heavy (non-hydrogen) atoms. The minimum atomic E-state index is -3.29. The number of rotatable bonds is 12. The number of carbonyl (C=O) groups is 2. The Morgan fingerprint density at radius 2 is 1.27 bits per heavy atom. The van der Waals surface area contributed by atoms with Gasteiger partial charge in [0.2, 0.25) is 0 Å². The molecule has 3 aliphatic rings. The van der Waals surface area contributed by atoms with Crippen LogP contribution in [0.4, 0.5) is 0 Å². The maximum absolute atomic E-state index is 12.5. The molecule has 0 aromatic heterocycles. The van der Waals surface area contributed by atoms with Crippen molar-refractivity contribution in [3.8, 4) is 0 Å². The zero-order valence-corrected chi connectivity index (χ0v) is 22.7. The number of aliphatic carboxylic acids is 2. The van der Waals surface area contributed by atoms with Gasteiger partial charge in [-0.15, -0.1) is 0 Å². The normalized spacial score (nSPS) is 45.3. The summed E-state index contributed by atoms with van der Waals surface area (Å²) in [7, 11) is 0. The summed E-state index contributed by atoms with van der Waals surface area (Å²) < 4.78 is 26.9. The number of aliphatic hydroxyl groups excluding tert-OH is 11. The Hall–Kier alpha value is -1.74. The van der Waals surface area contributed by atoms with Crippen LogP contribution in [0, 0.1) is 0 Å². The van der Waals surface area contributed by atoms with Gasteiger partial charge in [0.05, 0.1) is 32.0 Å². The second kappa shape index (κ2) is 14.4. The van der Waals surface area contributed by atoms with E-state index in [2.05, 4.69) is 0 Å². The molecular weight excluding hydrogens is 612 g/mol. The van der Waals surface area contributed by atoms with Gasteiger partial charge in [-0.05, 0) is 0 Å². The first-order valence-corrected chi connectivity index (χ1v) is 13.3. The van der Waals surface area contributed by atoms with E-state index in [9.17, 15) is 81.1 Å². The highest BCUT2D eigenvalue weighted by molar-refractivity contribution is 5.76. The summed E-state index contributed by atoms with van der Waals surface area (Å²) in [5.74, 6) is -10.5. The van der Waals surface area contributed by atoms with E-state index in [0.29, 0.717) is 0 Å². The van der Waals surface area contributed by atoms with Crippen molar-refractivity contribution in [2.75, 3.05) is 19.8 Å². The van der Waals surface area contributed by atoms with Crippen LogP contribution in [-0.2, 0) is 33.3 Å². The number of carboxylic acids is 2. The van der Waals surface area contributed by atoms with Crippen molar-refractivity contribution >= 4 is 11.9 Å². The van der Waals surface area contributed by atoms with E-state index in [1.807, 2.05) is 0 Å². The topological polar surface area (TPSA) is 364 Å². The molecule has 0 bridgehead atoms. The number of ether oxygens (including phenoxy) is 5. The number of carboxylic acid groups (broad SMARTS) is 2. The van der Waals surface area contributed by atoms with E-state index in [1.165, 1.54) is 0 Å². The molecule has 0 aromatic rings. The van der Waals surface area contributed by atoms with Crippen LogP contribution in [0.3, 0.4) is 0 Å². The summed E-state index contributed by atoms with van der Waals surface area (Å²) in [6.07, 6.45) is -31.0.